The molecule has 0 saturated heterocycles. The van der Waals surface area contributed by atoms with Gasteiger partial charge in [-0.15, -0.1) is 0 Å². The standard InChI is InChI=1S/C11H21NO4S/c1-3-9(12)7-17(14,15)8-11(4-5-11)6-10(13)16-2/h9H,3-8,12H2,1-2H3. The molecular formula is C11H21NO4S. The molecule has 1 aliphatic carbocycles. The van der Waals surface area contributed by atoms with E-state index < -0.39 is 9.84 Å². The third-order valence-electron chi connectivity index (χ3n) is 3.22. The van der Waals surface area contributed by atoms with Crippen LogP contribution in [0, 0.1) is 5.41 Å². The molecule has 0 spiro atoms. The van der Waals surface area contributed by atoms with Gasteiger partial charge in [-0.05, 0) is 24.7 Å². The number of carbonyl (C=O) groups excluding carboxylic acids is 1. The Labute approximate surface area is 103 Å². The number of carbonyl (C=O) groups is 1. The van der Waals surface area contributed by atoms with Crippen molar-refractivity contribution >= 4 is 15.8 Å². The van der Waals surface area contributed by atoms with Crippen LogP contribution in [0.2, 0.25) is 0 Å². The van der Waals surface area contributed by atoms with Crippen LogP contribution in [-0.2, 0) is 19.4 Å². The van der Waals surface area contributed by atoms with E-state index in [0.29, 0.717) is 6.42 Å². The number of hydrogen-bond donors (Lipinski definition) is 1. The van der Waals surface area contributed by atoms with Gasteiger partial charge < -0.3 is 10.5 Å². The lowest BCUT2D eigenvalue weighted by molar-refractivity contribution is -0.141. The molecule has 0 aromatic rings. The Morgan fingerprint density at radius 1 is 1.47 bits per heavy atom. The summed E-state index contributed by atoms with van der Waals surface area (Å²) in [4.78, 5) is 11.2. The molecule has 17 heavy (non-hydrogen) atoms. The molecule has 1 atom stereocenters. The molecule has 100 valence electrons. The summed E-state index contributed by atoms with van der Waals surface area (Å²) in [5.41, 5.74) is 5.28. The zero-order valence-electron chi connectivity index (χ0n) is 10.4. The van der Waals surface area contributed by atoms with Crippen LogP contribution < -0.4 is 5.73 Å². The van der Waals surface area contributed by atoms with Gasteiger partial charge in [0.15, 0.2) is 9.84 Å². The fourth-order valence-electron chi connectivity index (χ4n) is 1.90. The predicted octanol–water partition coefficient (Wildman–Crippen LogP) is 0.482. The van der Waals surface area contributed by atoms with Crippen molar-refractivity contribution in [1.29, 1.82) is 0 Å². The van der Waals surface area contributed by atoms with Gasteiger partial charge in [-0.25, -0.2) is 8.42 Å². The molecule has 0 amide bonds. The Bertz CT molecular complexity index is 373. The highest BCUT2D eigenvalue weighted by atomic mass is 32.2. The Kier molecular flexibility index (Phi) is 4.55. The molecule has 1 fully saturated rings. The summed E-state index contributed by atoms with van der Waals surface area (Å²) in [6.45, 7) is 1.86. The van der Waals surface area contributed by atoms with Gasteiger partial charge in [0.25, 0.3) is 0 Å². The van der Waals surface area contributed by atoms with Crippen molar-refractivity contribution in [3.63, 3.8) is 0 Å². The SMILES string of the molecule is CCC(N)CS(=O)(=O)CC1(CC(=O)OC)CC1. The first-order valence-electron chi connectivity index (χ1n) is 5.85. The zero-order chi connectivity index (χ0) is 13.1. The van der Waals surface area contributed by atoms with Crippen LogP contribution in [0.5, 0.6) is 0 Å². The van der Waals surface area contributed by atoms with Crippen molar-refractivity contribution in [1.82, 2.24) is 0 Å². The summed E-state index contributed by atoms with van der Waals surface area (Å²) in [7, 11) is -1.86. The van der Waals surface area contributed by atoms with E-state index >= 15 is 0 Å². The lowest BCUT2D eigenvalue weighted by Crippen LogP contribution is -2.32. The van der Waals surface area contributed by atoms with Crippen molar-refractivity contribution < 1.29 is 17.9 Å². The fourth-order valence-corrected chi connectivity index (χ4v) is 4.23. The van der Waals surface area contributed by atoms with Gasteiger partial charge in [-0.1, -0.05) is 6.92 Å². The van der Waals surface area contributed by atoms with Gasteiger partial charge >= 0.3 is 5.97 Å². The number of sulfone groups is 1. The van der Waals surface area contributed by atoms with Gasteiger partial charge in [0.2, 0.25) is 0 Å². The average molecular weight is 263 g/mol. The molecule has 0 aromatic heterocycles. The Hall–Kier alpha value is -0.620. The first kappa shape index (κ1) is 14.4. The quantitative estimate of drug-likeness (QED) is 0.675. The Morgan fingerprint density at radius 3 is 2.47 bits per heavy atom. The smallest absolute Gasteiger partial charge is 0.306 e. The van der Waals surface area contributed by atoms with Crippen LogP contribution in [0.3, 0.4) is 0 Å². The topological polar surface area (TPSA) is 86.5 Å². The van der Waals surface area contributed by atoms with Crippen molar-refractivity contribution in [3.8, 4) is 0 Å². The highest BCUT2D eigenvalue weighted by molar-refractivity contribution is 7.91. The van der Waals surface area contributed by atoms with Gasteiger partial charge in [0.05, 0.1) is 25.0 Å². The maximum Gasteiger partial charge on any atom is 0.306 e. The van der Waals surface area contributed by atoms with E-state index in [4.69, 9.17) is 5.73 Å². The van der Waals surface area contributed by atoms with Gasteiger partial charge in [-0.3, -0.25) is 4.79 Å². The number of hydrogen-bond acceptors (Lipinski definition) is 5. The lowest BCUT2D eigenvalue weighted by atomic mass is 10.1. The van der Waals surface area contributed by atoms with E-state index in [1.54, 1.807) is 0 Å². The molecule has 6 heteroatoms. The molecular weight excluding hydrogens is 242 g/mol. The molecule has 5 nitrogen and oxygen atoms in total. The van der Waals surface area contributed by atoms with Crippen LogP contribution in [-0.4, -0.2) is 39.0 Å². The van der Waals surface area contributed by atoms with Gasteiger partial charge in [-0.2, -0.15) is 0 Å². The monoisotopic (exact) mass is 263 g/mol. The number of esters is 1. The molecule has 0 bridgehead atoms. The molecule has 0 heterocycles. The second kappa shape index (κ2) is 5.35. The van der Waals surface area contributed by atoms with E-state index in [1.807, 2.05) is 6.92 Å². The van der Waals surface area contributed by atoms with Crippen LogP contribution in [0.1, 0.15) is 32.6 Å². The minimum atomic E-state index is -3.17. The van der Waals surface area contributed by atoms with Crippen molar-refractivity contribution in [2.24, 2.45) is 11.1 Å². The van der Waals surface area contributed by atoms with Crippen molar-refractivity contribution in [2.75, 3.05) is 18.6 Å². The third kappa shape index (κ3) is 4.63. The average Bonchev–Trinajstić information content (AvgIpc) is 2.95. The minimum Gasteiger partial charge on any atom is -0.469 e. The summed E-state index contributed by atoms with van der Waals surface area (Å²) in [6.07, 6.45) is 2.40. The third-order valence-corrected chi connectivity index (χ3v) is 5.21. The van der Waals surface area contributed by atoms with E-state index in [9.17, 15) is 13.2 Å². The molecule has 0 aromatic carbocycles. The first-order chi connectivity index (χ1) is 7.82. The van der Waals surface area contributed by atoms with E-state index in [1.165, 1.54) is 7.11 Å². The maximum atomic E-state index is 11.9. The summed E-state index contributed by atoms with van der Waals surface area (Å²) >= 11 is 0. The molecule has 2 N–H and O–H groups in total. The summed E-state index contributed by atoms with van der Waals surface area (Å²) in [6, 6.07) is -0.311. The van der Waals surface area contributed by atoms with Crippen LogP contribution in [0.4, 0.5) is 0 Å². The molecule has 1 aliphatic rings. The van der Waals surface area contributed by atoms with Crippen LogP contribution in [0.15, 0.2) is 0 Å². The lowest BCUT2D eigenvalue weighted by Gasteiger charge is -2.15. The van der Waals surface area contributed by atoms with Gasteiger partial charge in [0.1, 0.15) is 0 Å². The molecule has 1 saturated carbocycles. The van der Waals surface area contributed by atoms with E-state index in [2.05, 4.69) is 4.74 Å². The van der Waals surface area contributed by atoms with E-state index in [-0.39, 0.29) is 35.4 Å². The number of methoxy groups -OCH3 is 1. The summed E-state index contributed by atoms with van der Waals surface area (Å²) in [5, 5.41) is 0. The van der Waals surface area contributed by atoms with Crippen molar-refractivity contribution in [3.05, 3.63) is 0 Å². The molecule has 0 radical (unpaired) electrons. The molecule has 1 rings (SSSR count). The first-order valence-corrected chi connectivity index (χ1v) is 7.67. The number of ether oxygens (including phenoxy) is 1. The van der Waals surface area contributed by atoms with Crippen molar-refractivity contribution in [2.45, 2.75) is 38.6 Å². The minimum absolute atomic E-state index is 0.00637. The second-order valence-electron chi connectivity index (χ2n) is 4.98. The Morgan fingerprint density at radius 2 is 2.06 bits per heavy atom. The van der Waals surface area contributed by atoms with Crippen LogP contribution >= 0.6 is 0 Å². The normalized spacial score (nSPS) is 19.7. The summed E-state index contributed by atoms with van der Waals surface area (Å²) < 4.78 is 28.4. The zero-order valence-corrected chi connectivity index (χ0v) is 11.3. The highest BCUT2D eigenvalue weighted by Gasteiger charge is 2.47. The fraction of sp³-hybridized carbons (Fsp3) is 0.909. The second-order valence-corrected chi connectivity index (χ2v) is 7.08. The molecule has 1 unspecified atom stereocenters. The molecule has 0 aliphatic heterocycles. The number of rotatable bonds is 7. The summed E-state index contributed by atoms with van der Waals surface area (Å²) in [5.74, 6) is -0.271. The van der Waals surface area contributed by atoms with E-state index in [0.717, 1.165) is 12.8 Å². The highest BCUT2D eigenvalue weighted by Crippen LogP contribution is 2.50. The largest absolute Gasteiger partial charge is 0.469 e. The van der Waals surface area contributed by atoms with Gasteiger partial charge in [0, 0.05) is 6.04 Å². The number of nitrogens with two attached hydrogens (primary N) is 1. The van der Waals surface area contributed by atoms with Crippen LogP contribution in [0.25, 0.3) is 0 Å². The Balaban J connectivity index is 2.55. The maximum absolute atomic E-state index is 11.9. The predicted molar refractivity (Wildman–Crippen MR) is 65.2 cm³/mol.